The molecule has 4 N–H and O–H groups in total. The second-order valence-electron chi connectivity index (χ2n) is 9.10. The topological polar surface area (TPSA) is 143 Å². The average molecular weight is 521 g/mol. The normalized spacial score (nSPS) is 15.5. The van der Waals surface area contributed by atoms with Crippen LogP contribution in [0.2, 0.25) is 0 Å². The molecular weight excluding hydrogens is 492 g/mol. The van der Waals surface area contributed by atoms with E-state index < -0.39 is 11.8 Å². The van der Waals surface area contributed by atoms with E-state index in [0.717, 1.165) is 11.1 Å². The summed E-state index contributed by atoms with van der Waals surface area (Å²) >= 11 is 1.34. The maximum atomic E-state index is 13.2. The molecule has 10 nitrogen and oxygen atoms in total. The van der Waals surface area contributed by atoms with Crippen molar-refractivity contribution >= 4 is 35.0 Å². The molecule has 2 aliphatic rings. The standard InChI is InChI=1S/C26H28N6O4S/c1-3-9-31(14-22(27)33)17-7-10-30(11-8-17)26(36)21-15-37-24(29-21)18-5-4-6-19-20(18)13-32(25(19)35)12-16(2)23(28)34/h1,4-6,15,17H,2,7-14H2,(H2,27,33)(H2,28,34). The summed E-state index contributed by atoms with van der Waals surface area (Å²) in [5.41, 5.74) is 13.2. The Morgan fingerprint density at radius 3 is 2.57 bits per heavy atom. The number of terminal acetylenes is 1. The fourth-order valence-corrected chi connectivity index (χ4v) is 5.60. The third-order valence-electron chi connectivity index (χ3n) is 6.65. The zero-order chi connectivity index (χ0) is 26.7. The van der Waals surface area contributed by atoms with Gasteiger partial charge in [0.1, 0.15) is 10.7 Å². The summed E-state index contributed by atoms with van der Waals surface area (Å²) < 4.78 is 0. The van der Waals surface area contributed by atoms with Crippen molar-refractivity contribution in [2.45, 2.75) is 25.4 Å². The van der Waals surface area contributed by atoms with Crippen molar-refractivity contribution < 1.29 is 19.2 Å². The first-order chi connectivity index (χ1) is 17.7. The van der Waals surface area contributed by atoms with Gasteiger partial charge >= 0.3 is 0 Å². The second-order valence-corrected chi connectivity index (χ2v) is 9.96. The Morgan fingerprint density at radius 1 is 1.22 bits per heavy atom. The third-order valence-corrected chi connectivity index (χ3v) is 7.52. The summed E-state index contributed by atoms with van der Waals surface area (Å²) in [6.45, 7) is 5.46. The van der Waals surface area contributed by atoms with Crippen LogP contribution in [0.1, 0.15) is 39.3 Å². The van der Waals surface area contributed by atoms with Gasteiger partial charge in [0.05, 0.1) is 19.6 Å². The number of aromatic nitrogens is 1. The predicted molar refractivity (Wildman–Crippen MR) is 139 cm³/mol. The number of carbonyl (C=O) groups is 4. The van der Waals surface area contributed by atoms with Gasteiger partial charge in [-0.15, -0.1) is 17.8 Å². The van der Waals surface area contributed by atoms with Gasteiger partial charge in [-0.2, -0.15) is 0 Å². The van der Waals surface area contributed by atoms with Crippen LogP contribution in [0.3, 0.4) is 0 Å². The average Bonchev–Trinajstić information content (AvgIpc) is 3.48. The molecular formula is C26H28N6O4S. The molecule has 1 saturated heterocycles. The van der Waals surface area contributed by atoms with Crippen molar-refractivity contribution in [3.8, 4) is 22.9 Å². The molecule has 2 aliphatic heterocycles. The largest absolute Gasteiger partial charge is 0.369 e. The Morgan fingerprint density at radius 2 is 1.92 bits per heavy atom. The molecule has 4 rings (SSSR count). The van der Waals surface area contributed by atoms with E-state index in [1.165, 1.54) is 16.2 Å². The van der Waals surface area contributed by atoms with Crippen molar-refractivity contribution in [1.82, 2.24) is 19.7 Å². The highest BCUT2D eigenvalue weighted by atomic mass is 32.1. The van der Waals surface area contributed by atoms with E-state index in [0.29, 0.717) is 55.3 Å². The van der Waals surface area contributed by atoms with Gasteiger partial charge in [0.25, 0.3) is 11.8 Å². The molecule has 0 aliphatic carbocycles. The fraction of sp³-hybridized carbons (Fsp3) is 0.346. The number of benzene rings is 1. The lowest BCUT2D eigenvalue weighted by molar-refractivity contribution is -0.119. The summed E-state index contributed by atoms with van der Waals surface area (Å²) in [5, 5.41) is 2.37. The van der Waals surface area contributed by atoms with Crippen LogP contribution in [0.25, 0.3) is 10.6 Å². The van der Waals surface area contributed by atoms with E-state index in [1.807, 2.05) is 11.0 Å². The number of piperidine rings is 1. The number of primary amides is 2. The van der Waals surface area contributed by atoms with Crippen LogP contribution in [0, 0.1) is 12.3 Å². The number of nitrogens with zero attached hydrogens (tertiary/aromatic N) is 4. The Hall–Kier alpha value is -4.01. The molecule has 0 saturated carbocycles. The Kier molecular flexibility index (Phi) is 7.71. The summed E-state index contributed by atoms with van der Waals surface area (Å²) in [7, 11) is 0. The number of thiazole rings is 1. The first-order valence-electron chi connectivity index (χ1n) is 11.8. The first-order valence-corrected chi connectivity index (χ1v) is 12.7. The van der Waals surface area contributed by atoms with Gasteiger partial charge in [-0.05, 0) is 24.5 Å². The van der Waals surface area contributed by atoms with E-state index >= 15 is 0 Å². The number of carbonyl (C=O) groups excluding carboxylic acids is 4. The van der Waals surface area contributed by atoms with E-state index in [9.17, 15) is 19.2 Å². The number of hydrogen-bond acceptors (Lipinski definition) is 7. The molecule has 0 bridgehead atoms. The van der Waals surface area contributed by atoms with Gasteiger partial charge in [-0.3, -0.25) is 24.1 Å². The number of nitrogens with two attached hydrogens (primary N) is 2. The van der Waals surface area contributed by atoms with Gasteiger partial charge in [-0.25, -0.2) is 4.98 Å². The smallest absolute Gasteiger partial charge is 0.273 e. The first kappa shape index (κ1) is 26.1. The minimum absolute atomic E-state index is 0.0536. The monoisotopic (exact) mass is 520 g/mol. The Bertz CT molecular complexity index is 1300. The third kappa shape index (κ3) is 5.55. The van der Waals surface area contributed by atoms with Gasteiger partial charge < -0.3 is 21.3 Å². The van der Waals surface area contributed by atoms with Crippen LogP contribution in [0.15, 0.2) is 35.7 Å². The SMILES string of the molecule is C#CCN(CC(N)=O)C1CCN(C(=O)c2csc(-c3cccc4c3CN(CC(=C)C(N)=O)C4=O)n2)CC1. The van der Waals surface area contributed by atoms with Crippen LogP contribution in [0.4, 0.5) is 0 Å². The molecule has 1 aromatic heterocycles. The highest BCUT2D eigenvalue weighted by molar-refractivity contribution is 7.13. The van der Waals surface area contributed by atoms with Gasteiger partial charge in [0.2, 0.25) is 11.8 Å². The summed E-state index contributed by atoms with van der Waals surface area (Å²) in [4.78, 5) is 58.6. The number of hydrogen-bond donors (Lipinski definition) is 2. The molecule has 37 heavy (non-hydrogen) atoms. The van der Waals surface area contributed by atoms with Crippen LogP contribution in [-0.2, 0) is 16.1 Å². The van der Waals surface area contributed by atoms with Crippen molar-refractivity contribution in [3.05, 3.63) is 52.6 Å². The van der Waals surface area contributed by atoms with E-state index in [1.54, 1.807) is 22.4 Å². The van der Waals surface area contributed by atoms with E-state index in [2.05, 4.69) is 17.5 Å². The van der Waals surface area contributed by atoms with Crippen molar-refractivity contribution in [2.75, 3.05) is 32.7 Å². The molecule has 11 heteroatoms. The molecule has 0 radical (unpaired) electrons. The highest BCUT2D eigenvalue weighted by Crippen LogP contribution is 2.35. The lowest BCUT2D eigenvalue weighted by atomic mass is 10.0. The van der Waals surface area contributed by atoms with Crippen molar-refractivity contribution in [3.63, 3.8) is 0 Å². The fourth-order valence-electron chi connectivity index (χ4n) is 4.75. The van der Waals surface area contributed by atoms with Gasteiger partial charge in [0.15, 0.2) is 0 Å². The Labute approximate surface area is 218 Å². The van der Waals surface area contributed by atoms with Gasteiger partial charge in [0, 0.05) is 47.8 Å². The number of amides is 4. The molecule has 3 heterocycles. The van der Waals surface area contributed by atoms with Crippen molar-refractivity contribution in [2.24, 2.45) is 11.5 Å². The lowest BCUT2D eigenvalue weighted by Crippen LogP contribution is -2.49. The van der Waals surface area contributed by atoms with E-state index in [-0.39, 0.29) is 36.5 Å². The van der Waals surface area contributed by atoms with Crippen LogP contribution >= 0.6 is 11.3 Å². The summed E-state index contributed by atoms with van der Waals surface area (Å²) in [6.07, 6.45) is 6.79. The molecule has 0 unspecified atom stereocenters. The zero-order valence-corrected chi connectivity index (χ0v) is 21.1. The number of likely N-dealkylation sites (tertiary alicyclic amines) is 1. The van der Waals surface area contributed by atoms with Crippen LogP contribution in [-0.4, -0.2) is 82.1 Å². The number of fused-ring (bicyclic) bond motifs is 1. The van der Waals surface area contributed by atoms with Crippen molar-refractivity contribution in [1.29, 1.82) is 0 Å². The molecule has 1 fully saturated rings. The minimum Gasteiger partial charge on any atom is -0.369 e. The molecule has 4 amide bonds. The zero-order valence-electron chi connectivity index (χ0n) is 20.3. The van der Waals surface area contributed by atoms with E-state index in [4.69, 9.17) is 17.9 Å². The molecule has 0 atom stereocenters. The predicted octanol–water partition coefficient (Wildman–Crippen LogP) is 0.833. The lowest BCUT2D eigenvalue weighted by Gasteiger charge is -2.37. The summed E-state index contributed by atoms with van der Waals surface area (Å²) in [5.74, 6) is 1.12. The molecule has 192 valence electrons. The molecule has 2 aromatic rings. The molecule has 0 spiro atoms. The van der Waals surface area contributed by atoms with Crippen LogP contribution < -0.4 is 11.5 Å². The minimum atomic E-state index is -0.646. The quantitative estimate of drug-likeness (QED) is 0.370. The van der Waals surface area contributed by atoms with Gasteiger partial charge in [-0.1, -0.05) is 24.6 Å². The maximum absolute atomic E-state index is 13.2. The summed E-state index contributed by atoms with van der Waals surface area (Å²) in [6, 6.07) is 5.46. The highest BCUT2D eigenvalue weighted by Gasteiger charge is 2.32. The Balaban J connectivity index is 1.45. The molecule has 1 aromatic carbocycles. The maximum Gasteiger partial charge on any atom is 0.273 e. The second kappa shape index (κ2) is 10.9. The van der Waals surface area contributed by atoms with Crippen LogP contribution in [0.5, 0.6) is 0 Å². The number of rotatable bonds is 9.